The maximum absolute atomic E-state index is 13.4. The summed E-state index contributed by atoms with van der Waals surface area (Å²) in [6.07, 6.45) is 1.68. The molecule has 1 saturated heterocycles. The van der Waals surface area contributed by atoms with Crippen LogP contribution in [0.15, 0.2) is 47.8 Å². The molecule has 7 heteroatoms. The van der Waals surface area contributed by atoms with E-state index in [0.717, 1.165) is 34.7 Å². The number of nitrogens with one attached hydrogen (secondary N) is 1. The summed E-state index contributed by atoms with van der Waals surface area (Å²) in [6, 6.07) is 12.6. The normalized spacial score (nSPS) is 15.7. The number of thiazole rings is 1. The summed E-state index contributed by atoms with van der Waals surface area (Å²) in [4.78, 5) is 4.80. The first-order valence-electron chi connectivity index (χ1n) is 9.89. The maximum atomic E-state index is 13.4. The Morgan fingerprint density at radius 2 is 1.80 bits per heavy atom. The minimum Gasteiger partial charge on any atom is -0.493 e. The van der Waals surface area contributed by atoms with Gasteiger partial charge in [0.05, 0.1) is 19.9 Å². The molecule has 1 aromatic heterocycles. The Bertz CT molecular complexity index is 984. The number of hydrogen-bond acceptors (Lipinski definition) is 6. The predicted molar refractivity (Wildman–Crippen MR) is 116 cm³/mol. The van der Waals surface area contributed by atoms with Gasteiger partial charge < -0.3 is 19.5 Å². The lowest BCUT2D eigenvalue weighted by Gasteiger charge is -2.38. The monoisotopic (exact) mass is 428 g/mol. The van der Waals surface area contributed by atoms with E-state index < -0.39 is 0 Å². The smallest absolute Gasteiger partial charge is 0.161 e. The van der Waals surface area contributed by atoms with Crippen molar-refractivity contribution in [2.75, 3.05) is 27.4 Å². The van der Waals surface area contributed by atoms with Crippen molar-refractivity contribution >= 4 is 11.3 Å². The molecule has 3 aromatic rings. The van der Waals surface area contributed by atoms with Crippen LogP contribution in [0.2, 0.25) is 0 Å². The molecule has 0 spiro atoms. The third-order valence-corrected chi connectivity index (χ3v) is 6.47. The zero-order valence-electron chi connectivity index (χ0n) is 17.1. The van der Waals surface area contributed by atoms with E-state index in [4.69, 9.17) is 19.2 Å². The van der Waals surface area contributed by atoms with Crippen molar-refractivity contribution in [3.05, 3.63) is 64.9 Å². The van der Waals surface area contributed by atoms with Crippen molar-refractivity contribution in [2.24, 2.45) is 0 Å². The van der Waals surface area contributed by atoms with E-state index in [1.165, 1.54) is 12.1 Å². The lowest BCUT2D eigenvalue weighted by Crippen LogP contribution is -2.46. The Kier molecular flexibility index (Phi) is 6.32. The first kappa shape index (κ1) is 20.8. The van der Waals surface area contributed by atoms with Gasteiger partial charge in [-0.1, -0.05) is 12.1 Å². The standard InChI is InChI=1S/C23H25FN2O3S/c1-27-20-8-3-16(13-21(20)28-2)22-26-19(15-30-22)14-25-23(9-11-29-12-10-23)17-4-6-18(24)7-5-17/h3-8,13,15,25H,9-12,14H2,1-2H3. The highest BCUT2D eigenvalue weighted by atomic mass is 32.1. The highest BCUT2D eigenvalue weighted by molar-refractivity contribution is 7.13. The molecule has 1 aliphatic heterocycles. The van der Waals surface area contributed by atoms with Gasteiger partial charge in [0.15, 0.2) is 11.5 Å². The van der Waals surface area contributed by atoms with Crippen LogP contribution in [-0.4, -0.2) is 32.4 Å². The molecule has 0 radical (unpaired) electrons. The van der Waals surface area contributed by atoms with E-state index in [-0.39, 0.29) is 11.4 Å². The average Bonchev–Trinajstić information content (AvgIpc) is 3.27. The van der Waals surface area contributed by atoms with Crippen molar-refractivity contribution in [1.29, 1.82) is 0 Å². The van der Waals surface area contributed by atoms with Gasteiger partial charge in [-0.2, -0.15) is 0 Å². The summed E-state index contributed by atoms with van der Waals surface area (Å²) in [5.74, 6) is 1.16. The van der Waals surface area contributed by atoms with Crippen LogP contribution in [-0.2, 0) is 16.8 Å². The van der Waals surface area contributed by atoms with E-state index in [0.29, 0.717) is 31.3 Å². The van der Waals surface area contributed by atoms with Crippen LogP contribution >= 0.6 is 11.3 Å². The zero-order valence-corrected chi connectivity index (χ0v) is 17.9. The molecule has 1 aliphatic rings. The molecular formula is C23H25FN2O3S. The fourth-order valence-corrected chi connectivity index (χ4v) is 4.62. The summed E-state index contributed by atoms with van der Waals surface area (Å²) in [5, 5.41) is 6.68. The molecule has 0 saturated carbocycles. The molecule has 5 nitrogen and oxygen atoms in total. The zero-order chi connectivity index (χ0) is 21.0. The molecular weight excluding hydrogens is 403 g/mol. The van der Waals surface area contributed by atoms with Gasteiger partial charge in [-0.3, -0.25) is 0 Å². The number of ether oxygens (including phenoxy) is 3. The SMILES string of the molecule is COc1ccc(-c2nc(CNC3(c4ccc(F)cc4)CCOCC3)cs2)cc1OC. The maximum Gasteiger partial charge on any atom is 0.161 e. The second-order valence-corrected chi connectivity index (χ2v) is 8.13. The molecule has 0 amide bonds. The average molecular weight is 429 g/mol. The molecule has 0 unspecified atom stereocenters. The minimum atomic E-state index is -0.237. The third-order valence-electron chi connectivity index (χ3n) is 5.53. The van der Waals surface area contributed by atoms with Crippen LogP contribution in [0.5, 0.6) is 11.5 Å². The number of nitrogens with zero attached hydrogens (tertiary/aromatic N) is 1. The third kappa shape index (κ3) is 4.33. The van der Waals surface area contributed by atoms with E-state index in [2.05, 4.69) is 10.7 Å². The molecule has 2 aromatic carbocycles. The largest absolute Gasteiger partial charge is 0.493 e. The lowest BCUT2D eigenvalue weighted by molar-refractivity contribution is 0.0356. The van der Waals surface area contributed by atoms with Crippen LogP contribution < -0.4 is 14.8 Å². The number of rotatable bonds is 7. The first-order valence-corrected chi connectivity index (χ1v) is 10.8. The van der Waals surface area contributed by atoms with Crippen molar-refractivity contribution in [3.8, 4) is 22.1 Å². The highest BCUT2D eigenvalue weighted by Crippen LogP contribution is 2.35. The number of halogens is 1. The van der Waals surface area contributed by atoms with Gasteiger partial charge in [-0.05, 0) is 48.7 Å². The minimum absolute atomic E-state index is 0.222. The fraction of sp³-hybridized carbons (Fsp3) is 0.348. The molecule has 2 heterocycles. The Hall–Kier alpha value is -2.48. The first-order chi connectivity index (χ1) is 14.6. The van der Waals surface area contributed by atoms with Crippen LogP contribution in [0.1, 0.15) is 24.1 Å². The summed E-state index contributed by atoms with van der Waals surface area (Å²) >= 11 is 1.60. The molecule has 0 atom stereocenters. The van der Waals surface area contributed by atoms with Crippen molar-refractivity contribution in [3.63, 3.8) is 0 Å². The second kappa shape index (κ2) is 9.12. The van der Waals surface area contributed by atoms with E-state index in [1.807, 2.05) is 30.3 Å². The molecule has 158 valence electrons. The number of hydrogen-bond donors (Lipinski definition) is 1. The topological polar surface area (TPSA) is 52.6 Å². The number of methoxy groups -OCH3 is 2. The summed E-state index contributed by atoms with van der Waals surface area (Å²) < 4.78 is 29.7. The van der Waals surface area contributed by atoms with E-state index in [1.54, 1.807) is 25.6 Å². The number of benzene rings is 2. The van der Waals surface area contributed by atoms with Crippen LogP contribution in [0.4, 0.5) is 4.39 Å². The fourth-order valence-electron chi connectivity index (χ4n) is 3.81. The molecule has 1 fully saturated rings. The van der Waals surface area contributed by atoms with Gasteiger partial charge >= 0.3 is 0 Å². The molecule has 0 aliphatic carbocycles. The van der Waals surface area contributed by atoms with Crippen LogP contribution in [0.25, 0.3) is 10.6 Å². The highest BCUT2D eigenvalue weighted by Gasteiger charge is 2.34. The molecule has 30 heavy (non-hydrogen) atoms. The van der Waals surface area contributed by atoms with E-state index >= 15 is 0 Å². The van der Waals surface area contributed by atoms with Gasteiger partial charge in [0.2, 0.25) is 0 Å². The Balaban J connectivity index is 1.52. The van der Waals surface area contributed by atoms with Crippen molar-refractivity contribution < 1.29 is 18.6 Å². The Morgan fingerprint density at radius 1 is 1.07 bits per heavy atom. The Morgan fingerprint density at radius 3 is 2.50 bits per heavy atom. The quantitative estimate of drug-likeness (QED) is 0.588. The molecule has 4 rings (SSSR count). The predicted octanol–water partition coefficient (Wildman–Crippen LogP) is 4.76. The summed E-state index contributed by atoms with van der Waals surface area (Å²) in [6.45, 7) is 1.98. The summed E-state index contributed by atoms with van der Waals surface area (Å²) in [7, 11) is 3.25. The van der Waals surface area contributed by atoms with Crippen LogP contribution in [0.3, 0.4) is 0 Å². The summed E-state index contributed by atoms with van der Waals surface area (Å²) in [5.41, 5.74) is 2.81. The molecule has 0 bridgehead atoms. The van der Waals surface area contributed by atoms with Gasteiger partial charge in [0.1, 0.15) is 10.8 Å². The van der Waals surface area contributed by atoms with Crippen molar-refractivity contribution in [2.45, 2.75) is 24.9 Å². The van der Waals surface area contributed by atoms with E-state index in [9.17, 15) is 4.39 Å². The number of aromatic nitrogens is 1. The van der Waals surface area contributed by atoms with Gasteiger partial charge in [0.25, 0.3) is 0 Å². The molecule has 1 N–H and O–H groups in total. The van der Waals surface area contributed by atoms with Crippen LogP contribution in [0, 0.1) is 5.82 Å². The second-order valence-electron chi connectivity index (χ2n) is 7.27. The lowest BCUT2D eigenvalue weighted by atomic mass is 9.82. The Labute approximate surface area is 179 Å². The van der Waals surface area contributed by atoms with Crippen molar-refractivity contribution in [1.82, 2.24) is 10.3 Å². The van der Waals surface area contributed by atoms with Gasteiger partial charge in [-0.15, -0.1) is 11.3 Å². The van der Waals surface area contributed by atoms with Gasteiger partial charge in [-0.25, -0.2) is 9.37 Å². The van der Waals surface area contributed by atoms with Gasteiger partial charge in [0, 0.05) is 36.2 Å².